The lowest BCUT2D eigenvalue weighted by molar-refractivity contribution is 0.301. The molecule has 0 radical (unpaired) electrons. The molecule has 1 aliphatic rings. The molecule has 78 valence electrons. The van der Waals surface area contributed by atoms with Gasteiger partial charge in [0.1, 0.15) is 0 Å². The van der Waals surface area contributed by atoms with Crippen LogP contribution in [-0.2, 0) is 6.54 Å². The lowest BCUT2D eigenvalue weighted by Crippen LogP contribution is -2.32. The van der Waals surface area contributed by atoms with E-state index in [4.69, 9.17) is 0 Å². The third-order valence-electron chi connectivity index (χ3n) is 2.98. The van der Waals surface area contributed by atoms with E-state index in [1.807, 2.05) is 11.7 Å². The molecule has 1 fully saturated rings. The largest absolute Gasteiger partial charge is 0.309 e. The van der Waals surface area contributed by atoms with Crippen molar-refractivity contribution < 1.29 is 0 Å². The van der Waals surface area contributed by atoms with Gasteiger partial charge in [-0.3, -0.25) is 4.98 Å². The minimum absolute atomic E-state index is 0.737. The van der Waals surface area contributed by atoms with Crippen molar-refractivity contribution in [3.05, 3.63) is 16.6 Å². The van der Waals surface area contributed by atoms with Crippen LogP contribution in [0.3, 0.4) is 0 Å². The average Bonchev–Trinajstić information content (AvgIpc) is 2.67. The summed E-state index contributed by atoms with van der Waals surface area (Å²) in [6.07, 6.45) is 7.46. The second kappa shape index (κ2) is 4.89. The first-order chi connectivity index (χ1) is 6.84. The molecule has 0 aromatic carbocycles. The van der Waals surface area contributed by atoms with Gasteiger partial charge in [0.05, 0.1) is 5.51 Å². The first-order valence-electron chi connectivity index (χ1n) is 5.45. The first kappa shape index (κ1) is 10.1. The summed E-state index contributed by atoms with van der Waals surface area (Å²) >= 11 is 1.74. The Morgan fingerprint density at radius 3 is 3.21 bits per heavy atom. The third-order valence-corrected chi connectivity index (χ3v) is 3.76. The molecule has 2 rings (SSSR count). The summed E-state index contributed by atoms with van der Waals surface area (Å²) in [6.45, 7) is 3.36. The molecular weight excluding hydrogens is 192 g/mol. The van der Waals surface area contributed by atoms with Gasteiger partial charge in [0.2, 0.25) is 0 Å². The minimum Gasteiger partial charge on any atom is -0.309 e. The number of rotatable bonds is 3. The maximum atomic E-state index is 4.08. The molecule has 1 N–H and O–H groups in total. The highest BCUT2D eigenvalue weighted by molar-refractivity contribution is 7.09. The Hall–Kier alpha value is -0.410. The van der Waals surface area contributed by atoms with Gasteiger partial charge in [0.15, 0.2) is 0 Å². The maximum Gasteiger partial charge on any atom is 0.0794 e. The van der Waals surface area contributed by atoms with Gasteiger partial charge >= 0.3 is 0 Å². The van der Waals surface area contributed by atoms with Crippen molar-refractivity contribution in [1.82, 2.24) is 10.3 Å². The zero-order valence-corrected chi connectivity index (χ0v) is 9.52. The van der Waals surface area contributed by atoms with Crippen molar-refractivity contribution in [3.63, 3.8) is 0 Å². The van der Waals surface area contributed by atoms with E-state index in [1.54, 1.807) is 11.3 Å². The monoisotopic (exact) mass is 210 g/mol. The zero-order chi connectivity index (χ0) is 9.80. The summed E-state index contributed by atoms with van der Waals surface area (Å²) in [5, 5.41) is 3.62. The highest BCUT2D eigenvalue weighted by atomic mass is 32.1. The quantitative estimate of drug-likeness (QED) is 0.830. The second-order valence-corrected chi connectivity index (χ2v) is 5.29. The molecule has 0 bridgehead atoms. The van der Waals surface area contributed by atoms with Gasteiger partial charge in [-0.2, -0.15) is 0 Å². The number of aromatic nitrogens is 1. The van der Waals surface area contributed by atoms with Crippen LogP contribution in [-0.4, -0.2) is 11.0 Å². The minimum atomic E-state index is 0.737. The van der Waals surface area contributed by atoms with Crippen LogP contribution in [0.1, 0.15) is 37.5 Å². The lowest BCUT2D eigenvalue weighted by atomic mass is 9.87. The molecule has 3 heteroatoms. The molecular formula is C11H18N2S. The fourth-order valence-electron chi connectivity index (χ4n) is 2.19. The van der Waals surface area contributed by atoms with Crippen LogP contribution in [0.4, 0.5) is 0 Å². The molecule has 1 heterocycles. The Balaban J connectivity index is 1.75. The molecule has 0 aliphatic heterocycles. The van der Waals surface area contributed by atoms with Gasteiger partial charge in [-0.05, 0) is 18.8 Å². The lowest BCUT2D eigenvalue weighted by Gasteiger charge is -2.27. The van der Waals surface area contributed by atoms with Crippen LogP contribution in [0.25, 0.3) is 0 Å². The van der Waals surface area contributed by atoms with Crippen LogP contribution < -0.4 is 5.32 Å². The molecule has 2 atom stereocenters. The van der Waals surface area contributed by atoms with Crippen LogP contribution in [0.15, 0.2) is 11.7 Å². The summed E-state index contributed by atoms with van der Waals surface area (Å²) < 4.78 is 0. The van der Waals surface area contributed by atoms with Crippen molar-refractivity contribution >= 4 is 11.3 Å². The van der Waals surface area contributed by atoms with E-state index in [0.29, 0.717) is 0 Å². The van der Waals surface area contributed by atoms with E-state index in [2.05, 4.69) is 17.2 Å². The van der Waals surface area contributed by atoms with Crippen molar-refractivity contribution in [2.45, 2.75) is 45.2 Å². The number of hydrogen-bond acceptors (Lipinski definition) is 3. The van der Waals surface area contributed by atoms with E-state index in [1.165, 1.54) is 30.6 Å². The molecule has 14 heavy (non-hydrogen) atoms. The van der Waals surface area contributed by atoms with Crippen LogP contribution in [0.2, 0.25) is 0 Å². The van der Waals surface area contributed by atoms with Gasteiger partial charge in [-0.25, -0.2) is 0 Å². The molecule has 1 aliphatic carbocycles. The van der Waals surface area contributed by atoms with Crippen molar-refractivity contribution in [1.29, 1.82) is 0 Å². The van der Waals surface area contributed by atoms with Crippen LogP contribution >= 0.6 is 11.3 Å². The Labute approximate surface area is 89.8 Å². The Morgan fingerprint density at radius 2 is 2.50 bits per heavy atom. The molecule has 2 unspecified atom stereocenters. The van der Waals surface area contributed by atoms with E-state index in [9.17, 15) is 0 Å². The molecule has 0 spiro atoms. The van der Waals surface area contributed by atoms with Crippen molar-refractivity contribution in [3.8, 4) is 0 Å². The van der Waals surface area contributed by atoms with Crippen LogP contribution in [0.5, 0.6) is 0 Å². The number of nitrogens with zero attached hydrogens (tertiary/aromatic N) is 1. The fraction of sp³-hybridized carbons (Fsp3) is 0.727. The highest BCUT2D eigenvalue weighted by Gasteiger charge is 2.17. The number of hydrogen-bond donors (Lipinski definition) is 1. The zero-order valence-electron chi connectivity index (χ0n) is 8.70. The smallest absolute Gasteiger partial charge is 0.0794 e. The first-order valence-corrected chi connectivity index (χ1v) is 6.33. The summed E-state index contributed by atoms with van der Waals surface area (Å²) in [5.41, 5.74) is 1.90. The Bertz CT molecular complexity index is 258. The molecule has 2 nitrogen and oxygen atoms in total. The van der Waals surface area contributed by atoms with E-state index in [-0.39, 0.29) is 0 Å². The van der Waals surface area contributed by atoms with Gasteiger partial charge in [-0.15, -0.1) is 11.3 Å². The third kappa shape index (κ3) is 2.79. The molecule has 0 amide bonds. The van der Waals surface area contributed by atoms with E-state index in [0.717, 1.165) is 18.5 Å². The summed E-state index contributed by atoms with van der Waals surface area (Å²) in [4.78, 5) is 5.43. The van der Waals surface area contributed by atoms with Gasteiger partial charge in [0, 0.05) is 23.7 Å². The summed E-state index contributed by atoms with van der Waals surface area (Å²) in [6, 6.07) is 0.737. The number of thiazole rings is 1. The molecule has 0 saturated heterocycles. The standard InChI is InChI=1S/C11H18N2S/c1-9-3-2-4-10(5-9)13-7-11-6-12-8-14-11/h6,8-10,13H,2-5,7H2,1H3. The molecule has 1 aromatic rings. The predicted molar refractivity (Wildman–Crippen MR) is 60.4 cm³/mol. The van der Waals surface area contributed by atoms with Crippen molar-refractivity contribution in [2.75, 3.05) is 0 Å². The fourth-order valence-corrected chi connectivity index (χ4v) is 2.74. The topological polar surface area (TPSA) is 24.9 Å². The van der Waals surface area contributed by atoms with E-state index >= 15 is 0 Å². The number of nitrogens with one attached hydrogen (secondary N) is 1. The summed E-state index contributed by atoms with van der Waals surface area (Å²) in [7, 11) is 0. The van der Waals surface area contributed by atoms with Gasteiger partial charge < -0.3 is 5.32 Å². The SMILES string of the molecule is CC1CCCC(NCc2cncs2)C1. The Morgan fingerprint density at radius 1 is 1.57 bits per heavy atom. The van der Waals surface area contributed by atoms with Crippen LogP contribution in [0, 0.1) is 5.92 Å². The Kier molecular flexibility index (Phi) is 3.54. The van der Waals surface area contributed by atoms with E-state index < -0.39 is 0 Å². The van der Waals surface area contributed by atoms with Gasteiger partial charge in [-0.1, -0.05) is 19.8 Å². The highest BCUT2D eigenvalue weighted by Crippen LogP contribution is 2.23. The molecule has 1 saturated carbocycles. The predicted octanol–water partition coefficient (Wildman–Crippen LogP) is 2.81. The summed E-state index contributed by atoms with van der Waals surface area (Å²) in [5.74, 6) is 0.905. The van der Waals surface area contributed by atoms with Gasteiger partial charge in [0.25, 0.3) is 0 Å². The average molecular weight is 210 g/mol. The molecule has 1 aromatic heterocycles. The van der Waals surface area contributed by atoms with Crippen molar-refractivity contribution in [2.24, 2.45) is 5.92 Å². The maximum absolute atomic E-state index is 4.08. The second-order valence-electron chi connectivity index (χ2n) is 4.32. The normalized spacial score (nSPS) is 27.8.